The summed E-state index contributed by atoms with van der Waals surface area (Å²) in [5.74, 6) is -0.296. The standard InChI is InChI=1S/C11H10ClFN2/c12-9-1-2-10(13)11(5-9)15-7-8-3-4-14-6-8/h1-6,14-15H,7H2. The molecule has 0 amide bonds. The minimum atomic E-state index is -0.296. The second kappa shape index (κ2) is 4.36. The van der Waals surface area contributed by atoms with Gasteiger partial charge in [0.05, 0.1) is 5.69 Å². The summed E-state index contributed by atoms with van der Waals surface area (Å²) in [5.41, 5.74) is 1.48. The van der Waals surface area contributed by atoms with E-state index in [9.17, 15) is 4.39 Å². The molecule has 2 nitrogen and oxygen atoms in total. The predicted octanol–water partition coefficient (Wildman–Crippen LogP) is 3.42. The molecule has 15 heavy (non-hydrogen) atoms. The van der Waals surface area contributed by atoms with Gasteiger partial charge in [-0.3, -0.25) is 0 Å². The minimum absolute atomic E-state index is 0.296. The number of anilines is 1. The van der Waals surface area contributed by atoms with E-state index in [1.165, 1.54) is 12.1 Å². The zero-order valence-electron chi connectivity index (χ0n) is 7.93. The molecule has 0 bridgehead atoms. The molecule has 0 spiro atoms. The number of halogens is 2. The van der Waals surface area contributed by atoms with Gasteiger partial charge in [-0.1, -0.05) is 11.6 Å². The van der Waals surface area contributed by atoms with Crippen LogP contribution in [0.4, 0.5) is 10.1 Å². The van der Waals surface area contributed by atoms with Crippen molar-refractivity contribution in [3.05, 3.63) is 53.1 Å². The molecule has 0 fully saturated rings. The Morgan fingerprint density at radius 2 is 2.20 bits per heavy atom. The topological polar surface area (TPSA) is 27.8 Å². The average molecular weight is 225 g/mol. The van der Waals surface area contributed by atoms with Crippen LogP contribution in [0.25, 0.3) is 0 Å². The van der Waals surface area contributed by atoms with Gasteiger partial charge in [0, 0.05) is 24.0 Å². The molecule has 0 radical (unpaired) electrons. The van der Waals surface area contributed by atoms with E-state index in [0.29, 0.717) is 17.3 Å². The Kier molecular flexibility index (Phi) is 2.92. The van der Waals surface area contributed by atoms with Gasteiger partial charge in [-0.25, -0.2) is 4.39 Å². The molecular formula is C11H10ClFN2. The third-order valence-corrected chi connectivity index (χ3v) is 2.31. The first-order chi connectivity index (χ1) is 7.25. The SMILES string of the molecule is Fc1ccc(Cl)cc1NCc1cc[nH]c1. The fraction of sp³-hybridized carbons (Fsp3) is 0.0909. The first-order valence-electron chi connectivity index (χ1n) is 4.56. The van der Waals surface area contributed by atoms with Crippen LogP contribution in [0, 0.1) is 5.82 Å². The first-order valence-corrected chi connectivity index (χ1v) is 4.94. The fourth-order valence-electron chi connectivity index (χ4n) is 1.30. The van der Waals surface area contributed by atoms with Gasteiger partial charge in [-0.05, 0) is 29.8 Å². The highest BCUT2D eigenvalue weighted by atomic mass is 35.5. The van der Waals surface area contributed by atoms with Crippen LogP contribution in [0.5, 0.6) is 0 Å². The lowest BCUT2D eigenvalue weighted by atomic mass is 10.3. The summed E-state index contributed by atoms with van der Waals surface area (Å²) in [6.07, 6.45) is 3.68. The van der Waals surface area contributed by atoms with Crippen molar-refractivity contribution < 1.29 is 4.39 Å². The first kappa shape index (κ1) is 10.1. The highest BCUT2D eigenvalue weighted by Crippen LogP contribution is 2.20. The summed E-state index contributed by atoms with van der Waals surface area (Å²) in [4.78, 5) is 2.93. The number of aromatic nitrogens is 1. The minimum Gasteiger partial charge on any atom is -0.379 e. The Morgan fingerprint density at radius 3 is 2.93 bits per heavy atom. The fourth-order valence-corrected chi connectivity index (χ4v) is 1.47. The predicted molar refractivity (Wildman–Crippen MR) is 59.5 cm³/mol. The summed E-state index contributed by atoms with van der Waals surface area (Å²) in [7, 11) is 0. The molecule has 0 unspecified atom stereocenters. The zero-order chi connectivity index (χ0) is 10.7. The summed E-state index contributed by atoms with van der Waals surface area (Å²) < 4.78 is 13.3. The van der Waals surface area contributed by atoms with Crippen LogP contribution >= 0.6 is 11.6 Å². The Labute approximate surface area is 92.1 Å². The van der Waals surface area contributed by atoms with Crippen molar-refractivity contribution in [3.8, 4) is 0 Å². The van der Waals surface area contributed by atoms with Crippen molar-refractivity contribution in [1.82, 2.24) is 4.98 Å². The Balaban J connectivity index is 2.07. The lowest BCUT2D eigenvalue weighted by molar-refractivity contribution is 0.630. The molecular weight excluding hydrogens is 215 g/mol. The number of benzene rings is 1. The van der Waals surface area contributed by atoms with Crippen LogP contribution in [-0.2, 0) is 6.54 Å². The van der Waals surface area contributed by atoms with Crippen LogP contribution in [0.15, 0.2) is 36.7 Å². The molecule has 2 N–H and O–H groups in total. The molecule has 0 aliphatic carbocycles. The summed E-state index contributed by atoms with van der Waals surface area (Å²) in [6, 6.07) is 6.37. The second-order valence-electron chi connectivity index (χ2n) is 3.20. The molecule has 2 rings (SSSR count). The highest BCUT2D eigenvalue weighted by molar-refractivity contribution is 6.30. The van der Waals surface area contributed by atoms with Gasteiger partial charge in [0.15, 0.2) is 0 Å². The third-order valence-electron chi connectivity index (χ3n) is 2.07. The maximum absolute atomic E-state index is 13.3. The number of hydrogen-bond acceptors (Lipinski definition) is 1. The summed E-state index contributed by atoms with van der Waals surface area (Å²) in [5, 5.41) is 3.50. The molecule has 78 valence electrons. The second-order valence-corrected chi connectivity index (χ2v) is 3.63. The van der Waals surface area contributed by atoms with Gasteiger partial charge < -0.3 is 10.3 Å². The molecule has 4 heteroatoms. The van der Waals surface area contributed by atoms with Crippen molar-refractivity contribution in [2.24, 2.45) is 0 Å². The quantitative estimate of drug-likeness (QED) is 0.822. The molecule has 1 heterocycles. The zero-order valence-corrected chi connectivity index (χ0v) is 8.68. The number of rotatable bonds is 3. The number of aromatic amines is 1. The smallest absolute Gasteiger partial charge is 0.146 e. The van der Waals surface area contributed by atoms with E-state index in [2.05, 4.69) is 10.3 Å². The van der Waals surface area contributed by atoms with Crippen LogP contribution in [0.2, 0.25) is 5.02 Å². The molecule has 0 atom stereocenters. The Bertz CT molecular complexity index is 440. The van der Waals surface area contributed by atoms with E-state index in [-0.39, 0.29) is 5.82 Å². The van der Waals surface area contributed by atoms with E-state index >= 15 is 0 Å². The van der Waals surface area contributed by atoms with Crippen molar-refractivity contribution in [1.29, 1.82) is 0 Å². The van der Waals surface area contributed by atoms with Gasteiger partial charge >= 0.3 is 0 Å². The maximum Gasteiger partial charge on any atom is 0.146 e. The Hall–Kier alpha value is -1.48. The van der Waals surface area contributed by atoms with Crippen LogP contribution in [-0.4, -0.2) is 4.98 Å². The van der Waals surface area contributed by atoms with Gasteiger partial charge in [-0.2, -0.15) is 0 Å². The monoisotopic (exact) mass is 224 g/mol. The average Bonchev–Trinajstić information content (AvgIpc) is 2.72. The van der Waals surface area contributed by atoms with E-state index in [4.69, 9.17) is 11.6 Å². The van der Waals surface area contributed by atoms with Gasteiger partial charge in [0.1, 0.15) is 5.82 Å². The van der Waals surface area contributed by atoms with Gasteiger partial charge in [0.2, 0.25) is 0 Å². The molecule has 1 aromatic carbocycles. The van der Waals surface area contributed by atoms with E-state index in [1.54, 1.807) is 6.07 Å². The maximum atomic E-state index is 13.3. The van der Waals surface area contributed by atoms with E-state index in [1.807, 2.05) is 18.5 Å². The Morgan fingerprint density at radius 1 is 1.33 bits per heavy atom. The molecule has 1 aromatic heterocycles. The van der Waals surface area contributed by atoms with Crippen LogP contribution in [0.1, 0.15) is 5.56 Å². The number of H-pyrrole nitrogens is 1. The van der Waals surface area contributed by atoms with Crippen molar-refractivity contribution in [2.45, 2.75) is 6.54 Å². The summed E-state index contributed by atoms with van der Waals surface area (Å²) in [6.45, 7) is 0.570. The molecule has 0 saturated carbocycles. The normalized spacial score (nSPS) is 10.3. The number of hydrogen-bond donors (Lipinski definition) is 2. The van der Waals surface area contributed by atoms with Gasteiger partial charge in [-0.15, -0.1) is 0 Å². The van der Waals surface area contributed by atoms with Crippen LogP contribution < -0.4 is 5.32 Å². The van der Waals surface area contributed by atoms with E-state index < -0.39 is 0 Å². The van der Waals surface area contributed by atoms with Crippen LogP contribution in [0.3, 0.4) is 0 Å². The van der Waals surface area contributed by atoms with E-state index in [0.717, 1.165) is 5.56 Å². The van der Waals surface area contributed by atoms with Crippen molar-refractivity contribution >= 4 is 17.3 Å². The summed E-state index contributed by atoms with van der Waals surface area (Å²) >= 11 is 5.76. The molecule has 0 aliphatic heterocycles. The lowest BCUT2D eigenvalue weighted by Gasteiger charge is -2.06. The van der Waals surface area contributed by atoms with Crippen molar-refractivity contribution in [3.63, 3.8) is 0 Å². The van der Waals surface area contributed by atoms with Gasteiger partial charge in [0.25, 0.3) is 0 Å². The molecule has 0 saturated heterocycles. The van der Waals surface area contributed by atoms with Crippen molar-refractivity contribution in [2.75, 3.05) is 5.32 Å². The molecule has 2 aromatic rings. The highest BCUT2D eigenvalue weighted by Gasteiger charge is 2.02. The number of nitrogens with one attached hydrogen (secondary N) is 2. The lowest BCUT2D eigenvalue weighted by Crippen LogP contribution is -2.00. The third kappa shape index (κ3) is 2.50. The largest absolute Gasteiger partial charge is 0.379 e. The molecule has 0 aliphatic rings.